The molecule has 0 fully saturated rings. The lowest BCUT2D eigenvalue weighted by Crippen LogP contribution is -2.14. The van der Waals surface area contributed by atoms with Crippen molar-refractivity contribution in [2.75, 3.05) is 5.32 Å². The maximum Gasteiger partial charge on any atom is 0.416 e. The molecule has 0 atom stereocenters. The summed E-state index contributed by atoms with van der Waals surface area (Å²) in [7, 11) is 0. The van der Waals surface area contributed by atoms with Crippen LogP contribution in [0.3, 0.4) is 0 Å². The second-order valence-electron chi connectivity index (χ2n) is 5.76. The highest BCUT2D eigenvalue weighted by molar-refractivity contribution is 6.33. The summed E-state index contributed by atoms with van der Waals surface area (Å²) in [4.78, 5) is 16.1. The van der Waals surface area contributed by atoms with Crippen LogP contribution in [0.1, 0.15) is 17.9 Å². The van der Waals surface area contributed by atoms with E-state index in [-0.39, 0.29) is 35.3 Å². The molecule has 1 aromatic heterocycles. The summed E-state index contributed by atoms with van der Waals surface area (Å²) >= 11 is 5.84. The van der Waals surface area contributed by atoms with E-state index >= 15 is 0 Å². The number of alkyl halides is 3. The average molecular weight is 414 g/mol. The Morgan fingerprint density at radius 1 is 1.18 bits per heavy atom. The lowest BCUT2D eigenvalue weighted by atomic mass is 10.2. The van der Waals surface area contributed by atoms with Crippen LogP contribution in [0.2, 0.25) is 5.02 Å². The molecular weight excluding hydrogens is 402 g/mol. The second-order valence-corrected chi connectivity index (χ2v) is 6.17. The third-order valence-corrected chi connectivity index (χ3v) is 4.01. The van der Waals surface area contributed by atoms with E-state index in [1.807, 2.05) is 0 Å². The SMILES string of the molecule is O=C(CCc1nc(-c2cccc(F)c2)no1)Nc1cc(C(F)(F)F)ccc1Cl. The highest BCUT2D eigenvalue weighted by atomic mass is 35.5. The zero-order chi connectivity index (χ0) is 20.3. The molecule has 1 heterocycles. The third-order valence-electron chi connectivity index (χ3n) is 3.68. The van der Waals surface area contributed by atoms with Crippen molar-refractivity contribution in [2.45, 2.75) is 19.0 Å². The summed E-state index contributed by atoms with van der Waals surface area (Å²) in [6, 6.07) is 8.24. The van der Waals surface area contributed by atoms with Crippen LogP contribution in [-0.4, -0.2) is 16.0 Å². The number of carbonyl (C=O) groups is 1. The Morgan fingerprint density at radius 2 is 1.96 bits per heavy atom. The van der Waals surface area contributed by atoms with Crippen LogP contribution < -0.4 is 5.32 Å². The first-order valence-corrected chi connectivity index (χ1v) is 8.35. The number of carbonyl (C=O) groups excluding carboxylic acids is 1. The Labute approximate surface area is 161 Å². The molecule has 0 aliphatic rings. The molecular formula is C18H12ClF4N3O2. The van der Waals surface area contributed by atoms with Gasteiger partial charge < -0.3 is 9.84 Å². The van der Waals surface area contributed by atoms with Crippen LogP contribution in [0.5, 0.6) is 0 Å². The number of nitrogens with one attached hydrogen (secondary N) is 1. The summed E-state index contributed by atoms with van der Waals surface area (Å²) in [6.45, 7) is 0. The monoisotopic (exact) mass is 413 g/mol. The van der Waals surface area contributed by atoms with E-state index in [0.29, 0.717) is 5.56 Å². The zero-order valence-corrected chi connectivity index (χ0v) is 14.8. The topological polar surface area (TPSA) is 68.0 Å². The van der Waals surface area contributed by atoms with E-state index in [0.717, 1.165) is 18.2 Å². The normalized spacial score (nSPS) is 11.5. The van der Waals surface area contributed by atoms with E-state index < -0.39 is 23.5 Å². The molecule has 0 bridgehead atoms. The molecule has 5 nitrogen and oxygen atoms in total. The molecule has 1 amide bonds. The van der Waals surface area contributed by atoms with Gasteiger partial charge in [0.15, 0.2) is 0 Å². The minimum Gasteiger partial charge on any atom is -0.339 e. The van der Waals surface area contributed by atoms with E-state index in [4.69, 9.17) is 16.1 Å². The molecule has 1 N–H and O–H groups in total. The Balaban J connectivity index is 1.62. The maximum atomic E-state index is 13.2. The lowest BCUT2D eigenvalue weighted by Gasteiger charge is -2.11. The maximum absolute atomic E-state index is 13.2. The molecule has 3 aromatic rings. The van der Waals surface area contributed by atoms with Gasteiger partial charge in [-0.3, -0.25) is 4.79 Å². The van der Waals surface area contributed by atoms with Crippen molar-refractivity contribution in [1.82, 2.24) is 10.1 Å². The molecule has 10 heteroatoms. The summed E-state index contributed by atoms with van der Waals surface area (Å²) in [5.41, 5.74) is -0.661. The number of benzene rings is 2. The predicted molar refractivity (Wildman–Crippen MR) is 93.1 cm³/mol. The predicted octanol–water partition coefficient (Wildman–Crippen LogP) is 5.12. The fourth-order valence-electron chi connectivity index (χ4n) is 2.33. The van der Waals surface area contributed by atoms with Crippen molar-refractivity contribution >= 4 is 23.2 Å². The van der Waals surface area contributed by atoms with E-state index in [1.165, 1.54) is 18.2 Å². The fourth-order valence-corrected chi connectivity index (χ4v) is 2.50. The van der Waals surface area contributed by atoms with Crippen molar-refractivity contribution in [3.05, 3.63) is 64.8 Å². The molecule has 0 aliphatic carbocycles. The Bertz CT molecular complexity index is 1000. The molecule has 3 rings (SSSR count). The first-order valence-electron chi connectivity index (χ1n) is 7.97. The molecule has 0 aliphatic heterocycles. The number of amides is 1. The van der Waals surface area contributed by atoms with Crippen molar-refractivity contribution in [2.24, 2.45) is 0 Å². The van der Waals surface area contributed by atoms with Gasteiger partial charge >= 0.3 is 6.18 Å². The standard InChI is InChI=1S/C18H12ClF4N3O2/c19-13-5-4-11(18(21,22)23)9-14(13)24-15(27)6-7-16-25-17(26-28-16)10-2-1-3-12(20)8-10/h1-5,8-9H,6-7H2,(H,24,27). The largest absolute Gasteiger partial charge is 0.416 e. The minimum absolute atomic E-state index is 0.0208. The van der Waals surface area contributed by atoms with Crippen LogP contribution in [0.15, 0.2) is 47.0 Å². The van der Waals surface area contributed by atoms with Gasteiger partial charge in [0.25, 0.3) is 0 Å². The highest BCUT2D eigenvalue weighted by Crippen LogP contribution is 2.33. The highest BCUT2D eigenvalue weighted by Gasteiger charge is 2.31. The molecule has 0 spiro atoms. The summed E-state index contributed by atoms with van der Waals surface area (Å²) in [6.07, 6.45) is -4.64. The number of aryl methyl sites for hydroxylation is 1. The molecule has 146 valence electrons. The van der Waals surface area contributed by atoms with Crippen LogP contribution in [0, 0.1) is 5.82 Å². The van der Waals surface area contributed by atoms with Crippen molar-refractivity contribution < 1.29 is 26.9 Å². The van der Waals surface area contributed by atoms with Crippen molar-refractivity contribution in [3.63, 3.8) is 0 Å². The average Bonchev–Trinajstić information content (AvgIpc) is 3.10. The van der Waals surface area contributed by atoms with Crippen LogP contribution in [-0.2, 0) is 17.4 Å². The Kier molecular flexibility index (Phi) is 5.64. The summed E-state index contributed by atoms with van der Waals surface area (Å²) < 4.78 is 56.5. The van der Waals surface area contributed by atoms with Gasteiger partial charge in [-0.1, -0.05) is 28.9 Å². The molecule has 0 unspecified atom stereocenters. The van der Waals surface area contributed by atoms with Gasteiger partial charge in [-0.15, -0.1) is 0 Å². The third kappa shape index (κ3) is 4.86. The van der Waals surface area contributed by atoms with Gasteiger partial charge in [0, 0.05) is 18.4 Å². The van der Waals surface area contributed by atoms with Gasteiger partial charge in [0.1, 0.15) is 5.82 Å². The second kappa shape index (κ2) is 7.97. The molecule has 0 saturated heterocycles. The van der Waals surface area contributed by atoms with Crippen LogP contribution >= 0.6 is 11.6 Å². The van der Waals surface area contributed by atoms with Gasteiger partial charge in [-0.25, -0.2) is 4.39 Å². The van der Waals surface area contributed by atoms with Crippen molar-refractivity contribution in [3.8, 4) is 11.4 Å². The quantitative estimate of drug-likeness (QED) is 0.589. The molecule has 0 radical (unpaired) electrons. The zero-order valence-electron chi connectivity index (χ0n) is 14.1. The lowest BCUT2D eigenvalue weighted by molar-refractivity contribution is -0.137. The molecule has 0 saturated carbocycles. The van der Waals surface area contributed by atoms with E-state index in [2.05, 4.69) is 15.5 Å². The first kappa shape index (κ1) is 19.8. The van der Waals surface area contributed by atoms with Crippen LogP contribution in [0.4, 0.5) is 23.2 Å². The smallest absolute Gasteiger partial charge is 0.339 e. The molecule has 2 aromatic carbocycles. The number of halogens is 5. The van der Waals surface area contributed by atoms with E-state index in [9.17, 15) is 22.4 Å². The van der Waals surface area contributed by atoms with E-state index in [1.54, 1.807) is 6.07 Å². The summed E-state index contributed by atoms with van der Waals surface area (Å²) in [5, 5.41) is 6.02. The number of nitrogens with zero attached hydrogens (tertiary/aromatic N) is 2. The van der Waals surface area contributed by atoms with Crippen molar-refractivity contribution in [1.29, 1.82) is 0 Å². The van der Waals surface area contributed by atoms with Gasteiger partial charge in [-0.2, -0.15) is 18.2 Å². The van der Waals surface area contributed by atoms with Gasteiger partial charge in [0.2, 0.25) is 17.6 Å². The van der Waals surface area contributed by atoms with Gasteiger partial charge in [-0.05, 0) is 30.3 Å². The minimum atomic E-state index is -4.55. The number of hydrogen-bond donors (Lipinski definition) is 1. The molecule has 28 heavy (non-hydrogen) atoms. The Morgan fingerprint density at radius 3 is 2.68 bits per heavy atom. The Hall–Kier alpha value is -2.94. The van der Waals surface area contributed by atoms with Crippen LogP contribution in [0.25, 0.3) is 11.4 Å². The number of rotatable bonds is 5. The summed E-state index contributed by atoms with van der Waals surface area (Å²) in [5.74, 6) is -0.742. The number of anilines is 1. The number of hydrogen-bond acceptors (Lipinski definition) is 4. The number of aromatic nitrogens is 2. The van der Waals surface area contributed by atoms with Gasteiger partial charge in [0.05, 0.1) is 16.3 Å². The fraction of sp³-hybridized carbons (Fsp3) is 0.167. The first-order chi connectivity index (χ1) is 13.2.